The fraction of sp³-hybridized carbons (Fsp3) is 0.529. The summed E-state index contributed by atoms with van der Waals surface area (Å²) in [5, 5.41) is 3.02. The molecule has 0 saturated heterocycles. The van der Waals surface area contributed by atoms with E-state index in [1.54, 1.807) is 12.1 Å². The molecular weight excluding hydrogens is 337 g/mol. The fourth-order valence-electron chi connectivity index (χ4n) is 3.19. The Morgan fingerprint density at radius 2 is 1.96 bits per heavy atom. The Labute approximate surface area is 142 Å². The lowest BCUT2D eigenvalue weighted by Crippen LogP contribution is -2.35. The van der Waals surface area contributed by atoms with Crippen LogP contribution in [0.2, 0.25) is 0 Å². The first kappa shape index (κ1) is 17.2. The van der Waals surface area contributed by atoms with Gasteiger partial charge in [0.05, 0.1) is 27.6 Å². The van der Waals surface area contributed by atoms with E-state index >= 15 is 0 Å². The number of nitrogens with zero attached hydrogens (tertiary/aromatic N) is 1. The van der Waals surface area contributed by atoms with E-state index in [2.05, 4.69) is 10.3 Å². The van der Waals surface area contributed by atoms with Crippen LogP contribution >= 0.6 is 11.3 Å². The van der Waals surface area contributed by atoms with Crippen LogP contribution in [-0.4, -0.2) is 30.4 Å². The number of nitrogens with one attached hydrogen (secondary N) is 1. The van der Waals surface area contributed by atoms with Gasteiger partial charge in [-0.3, -0.25) is 9.79 Å². The zero-order chi connectivity index (χ0) is 17.3. The van der Waals surface area contributed by atoms with Crippen molar-refractivity contribution < 1.29 is 18.0 Å². The lowest BCUT2D eigenvalue weighted by molar-refractivity contribution is -0.0922. The molecule has 24 heavy (non-hydrogen) atoms. The smallest absolute Gasteiger partial charge is 0.349 e. The lowest BCUT2D eigenvalue weighted by atomic mass is 9.95. The third-order valence-electron chi connectivity index (χ3n) is 4.55. The summed E-state index contributed by atoms with van der Waals surface area (Å²) >= 11 is 1.20. The molecule has 130 valence electrons. The van der Waals surface area contributed by atoms with Crippen molar-refractivity contribution in [3.63, 3.8) is 0 Å². The SMILES string of the molecule is CC1=C(C(F)(F)F)CN=C1c1ccc(C(=O)NC2CCCCC2)s1. The minimum atomic E-state index is -4.35. The summed E-state index contributed by atoms with van der Waals surface area (Å²) in [4.78, 5) is 17.5. The standard InChI is InChI=1S/C17H19F3N2OS/c1-10-12(17(18,19)20)9-21-15(10)13-7-8-14(24-13)16(23)22-11-5-3-2-4-6-11/h7-8,11H,2-6,9H2,1H3,(H,22,23). The molecule has 3 nitrogen and oxygen atoms in total. The molecule has 0 atom stereocenters. The molecule has 1 amide bonds. The second-order valence-electron chi connectivity index (χ2n) is 6.24. The van der Waals surface area contributed by atoms with Gasteiger partial charge in [-0.25, -0.2) is 0 Å². The zero-order valence-corrected chi connectivity index (χ0v) is 14.2. The number of halogens is 3. The van der Waals surface area contributed by atoms with Gasteiger partial charge < -0.3 is 5.32 Å². The zero-order valence-electron chi connectivity index (χ0n) is 13.4. The Balaban J connectivity index is 1.72. The van der Waals surface area contributed by atoms with E-state index in [0.717, 1.165) is 25.7 Å². The van der Waals surface area contributed by atoms with Crippen LogP contribution in [0.4, 0.5) is 13.2 Å². The molecule has 0 bridgehead atoms. The minimum absolute atomic E-state index is 0.144. The summed E-state index contributed by atoms with van der Waals surface area (Å²) < 4.78 is 38.7. The normalized spacial score (nSPS) is 19.6. The third kappa shape index (κ3) is 3.55. The number of alkyl halides is 3. The number of rotatable bonds is 3. The van der Waals surface area contributed by atoms with Crippen LogP contribution < -0.4 is 5.32 Å². The van der Waals surface area contributed by atoms with Gasteiger partial charge in [-0.1, -0.05) is 19.3 Å². The second kappa shape index (κ2) is 6.70. The first-order chi connectivity index (χ1) is 11.4. The maximum absolute atomic E-state index is 12.9. The number of hydrogen-bond donors (Lipinski definition) is 1. The molecule has 2 heterocycles. The van der Waals surface area contributed by atoms with Gasteiger partial charge in [-0.2, -0.15) is 13.2 Å². The molecule has 0 radical (unpaired) electrons. The van der Waals surface area contributed by atoms with Crippen molar-refractivity contribution in [1.29, 1.82) is 0 Å². The Hall–Kier alpha value is -1.63. The summed E-state index contributed by atoms with van der Waals surface area (Å²) in [6.07, 6.45) is 1.10. The minimum Gasteiger partial charge on any atom is -0.349 e. The van der Waals surface area contributed by atoms with Gasteiger partial charge >= 0.3 is 6.18 Å². The van der Waals surface area contributed by atoms with E-state index in [9.17, 15) is 18.0 Å². The van der Waals surface area contributed by atoms with Gasteiger partial charge in [-0.05, 0) is 37.5 Å². The lowest BCUT2D eigenvalue weighted by Gasteiger charge is -2.22. The van der Waals surface area contributed by atoms with Crippen LogP contribution in [0.1, 0.15) is 53.6 Å². The molecule has 0 aromatic carbocycles. The summed E-state index contributed by atoms with van der Waals surface area (Å²) in [7, 11) is 0. The first-order valence-corrected chi connectivity index (χ1v) is 8.91. The molecule has 3 rings (SSSR count). The quantitative estimate of drug-likeness (QED) is 0.852. The maximum Gasteiger partial charge on any atom is 0.414 e. The Morgan fingerprint density at radius 1 is 1.25 bits per heavy atom. The molecule has 1 aromatic heterocycles. The third-order valence-corrected chi connectivity index (χ3v) is 5.64. The van der Waals surface area contributed by atoms with Crippen molar-refractivity contribution in [2.24, 2.45) is 4.99 Å². The number of hydrogen-bond acceptors (Lipinski definition) is 3. The topological polar surface area (TPSA) is 41.5 Å². The van der Waals surface area contributed by atoms with Crippen molar-refractivity contribution in [2.45, 2.75) is 51.2 Å². The van der Waals surface area contributed by atoms with Crippen molar-refractivity contribution in [2.75, 3.05) is 6.54 Å². The van der Waals surface area contributed by atoms with Crippen LogP contribution in [0.25, 0.3) is 0 Å². The predicted octanol–water partition coefficient (Wildman–Crippen LogP) is 4.49. The highest BCUT2D eigenvalue weighted by molar-refractivity contribution is 7.16. The molecule has 1 aliphatic carbocycles. The number of carbonyl (C=O) groups excluding carboxylic acids is 1. The number of amides is 1. The predicted molar refractivity (Wildman–Crippen MR) is 88.8 cm³/mol. The second-order valence-corrected chi connectivity index (χ2v) is 7.32. The van der Waals surface area contributed by atoms with Gasteiger partial charge in [0, 0.05) is 6.04 Å². The molecule has 0 spiro atoms. The highest BCUT2D eigenvalue weighted by Crippen LogP contribution is 2.34. The van der Waals surface area contributed by atoms with Gasteiger partial charge in [0.15, 0.2) is 0 Å². The van der Waals surface area contributed by atoms with Gasteiger partial charge in [0.2, 0.25) is 0 Å². The van der Waals surface area contributed by atoms with Gasteiger partial charge in [0.25, 0.3) is 5.91 Å². The van der Waals surface area contributed by atoms with Crippen molar-refractivity contribution >= 4 is 23.0 Å². The van der Waals surface area contributed by atoms with Crippen molar-refractivity contribution in [1.82, 2.24) is 5.32 Å². The molecule has 0 unspecified atom stereocenters. The van der Waals surface area contributed by atoms with Crippen LogP contribution in [0.5, 0.6) is 0 Å². The van der Waals surface area contributed by atoms with E-state index in [4.69, 9.17) is 0 Å². The fourth-order valence-corrected chi connectivity index (χ4v) is 4.17. The summed E-state index contributed by atoms with van der Waals surface area (Å²) in [5.41, 5.74) is -0.0910. The highest BCUT2D eigenvalue weighted by atomic mass is 32.1. The first-order valence-electron chi connectivity index (χ1n) is 8.09. The average molecular weight is 356 g/mol. The number of carbonyl (C=O) groups is 1. The number of allylic oxidation sites excluding steroid dienone is 1. The van der Waals surface area contributed by atoms with E-state index in [-0.39, 0.29) is 24.1 Å². The molecule has 1 aromatic rings. The van der Waals surface area contributed by atoms with Crippen molar-refractivity contribution in [3.05, 3.63) is 33.0 Å². The maximum atomic E-state index is 12.9. The average Bonchev–Trinajstić information content (AvgIpc) is 3.14. The number of aliphatic imine (C=N–C) groups is 1. The van der Waals surface area contributed by atoms with Crippen molar-refractivity contribution in [3.8, 4) is 0 Å². The molecule has 1 saturated carbocycles. The summed E-state index contributed by atoms with van der Waals surface area (Å²) in [6, 6.07) is 3.56. The molecular formula is C17H19F3N2OS. The Morgan fingerprint density at radius 3 is 2.58 bits per heavy atom. The Bertz CT molecular complexity index is 697. The van der Waals surface area contributed by atoms with E-state index in [1.165, 1.54) is 24.7 Å². The molecule has 1 fully saturated rings. The van der Waals surface area contributed by atoms with E-state index in [0.29, 0.717) is 15.5 Å². The molecule has 2 aliphatic rings. The van der Waals surface area contributed by atoms with E-state index < -0.39 is 11.7 Å². The molecule has 1 aliphatic heterocycles. The summed E-state index contributed by atoms with van der Waals surface area (Å²) in [6.45, 7) is 1.10. The molecule has 7 heteroatoms. The van der Waals surface area contributed by atoms with Gasteiger partial charge in [-0.15, -0.1) is 11.3 Å². The van der Waals surface area contributed by atoms with Crippen LogP contribution in [-0.2, 0) is 0 Å². The van der Waals surface area contributed by atoms with Crippen LogP contribution in [0.3, 0.4) is 0 Å². The molecule has 1 N–H and O–H groups in total. The van der Waals surface area contributed by atoms with Gasteiger partial charge in [0.1, 0.15) is 0 Å². The largest absolute Gasteiger partial charge is 0.414 e. The van der Waals surface area contributed by atoms with Crippen LogP contribution in [0, 0.1) is 0 Å². The highest BCUT2D eigenvalue weighted by Gasteiger charge is 2.38. The van der Waals surface area contributed by atoms with Crippen LogP contribution in [0.15, 0.2) is 28.3 Å². The number of thiophene rings is 1. The monoisotopic (exact) mass is 356 g/mol. The van der Waals surface area contributed by atoms with E-state index in [1.807, 2.05) is 0 Å². The Kier molecular flexibility index (Phi) is 4.80. The summed E-state index contributed by atoms with van der Waals surface area (Å²) in [5.74, 6) is -0.144.